The molecule has 0 saturated heterocycles. The van der Waals surface area contributed by atoms with E-state index in [4.69, 9.17) is 17.5 Å². The summed E-state index contributed by atoms with van der Waals surface area (Å²) < 4.78 is 31.6. The van der Waals surface area contributed by atoms with Crippen LogP contribution < -0.4 is 0 Å². The van der Waals surface area contributed by atoms with Gasteiger partial charge >= 0.3 is 10.4 Å². The van der Waals surface area contributed by atoms with Gasteiger partial charge in [0.25, 0.3) is 0 Å². The molecule has 0 spiro atoms. The maximum absolute atomic E-state index is 8.74. The minimum Gasteiger partial charge on any atom is -0.264 e. The van der Waals surface area contributed by atoms with Crippen molar-refractivity contribution in [2.45, 2.75) is 0 Å². The summed E-state index contributed by atoms with van der Waals surface area (Å²) in [5.74, 6) is 0. The molecule has 0 unspecified atom stereocenters. The van der Waals surface area contributed by atoms with Crippen LogP contribution in [-0.2, 0) is 26.9 Å². The van der Waals surface area contributed by atoms with Crippen LogP contribution in [0.3, 0.4) is 0 Å². The Labute approximate surface area is 94.0 Å². The van der Waals surface area contributed by atoms with Crippen molar-refractivity contribution in [1.29, 1.82) is 0 Å². The van der Waals surface area contributed by atoms with E-state index in [1.165, 1.54) is 0 Å². The van der Waals surface area contributed by atoms with Crippen LogP contribution in [-0.4, -0.2) is 68.9 Å². The van der Waals surface area contributed by atoms with Gasteiger partial charge < -0.3 is 0 Å². The molecule has 0 aliphatic rings. The second kappa shape index (κ2) is 6.12. The Morgan fingerprint density at radius 1 is 1.14 bits per heavy atom. The molecule has 43 valence electrons. The van der Waals surface area contributed by atoms with E-state index in [0.29, 0.717) is 0 Å². The molecule has 0 atom stereocenters. The van der Waals surface area contributed by atoms with Gasteiger partial charge in [0, 0.05) is 67.9 Å². The van der Waals surface area contributed by atoms with Crippen molar-refractivity contribution >= 4 is 61.8 Å². The molecule has 0 saturated carbocycles. The predicted octanol–water partition coefficient (Wildman–Crippen LogP) is -1.04. The summed E-state index contributed by atoms with van der Waals surface area (Å²) in [6, 6.07) is 0. The van der Waals surface area contributed by atoms with Gasteiger partial charge in [-0.2, -0.15) is 8.42 Å². The second-order valence-corrected chi connectivity index (χ2v) is 1.34. The molecule has 7 heteroatoms. The molecule has 0 aromatic rings. The van der Waals surface area contributed by atoms with Crippen molar-refractivity contribution in [3.05, 3.63) is 0 Å². The Hall–Kier alpha value is 2.00. The van der Waals surface area contributed by atoms with Crippen molar-refractivity contribution in [2.24, 2.45) is 0 Å². The second-order valence-electron chi connectivity index (χ2n) is 0.448. The topological polar surface area (TPSA) is 74.6 Å². The molecule has 0 amide bonds. The van der Waals surface area contributed by atoms with Crippen molar-refractivity contribution in [2.75, 3.05) is 0 Å². The van der Waals surface area contributed by atoms with Crippen LogP contribution in [0.2, 0.25) is 0 Å². The minimum absolute atomic E-state index is 0. The number of hydrogen-bond acceptors (Lipinski definition) is 2. The van der Waals surface area contributed by atoms with E-state index >= 15 is 0 Å². The Morgan fingerprint density at radius 2 is 1.14 bits per heavy atom. The zero-order chi connectivity index (χ0) is 4.50. The van der Waals surface area contributed by atoms with Gasteiger partial charge in [-0.15, -0.1) is 0 Å². The maximum Gasteiger partial charge on any atom is 0.394 e. The third-order valence-electron chi connectivity index (χ3n) is 0. The van der Waals surface area contributed by atoms with Gasteiger partial charge in [-0.3, -0.25) is 9.11 Å². The first kappa shape index (κ1) is 16.0. The summed E-state index contributed by atoms with van der Waals surface area (Å²) in [7, 11) is -4.67. The molecule has 7 heavy (non-hydrogen) atoms. The molecule has 0 aliphatic heterocycles. The minimum atomic E-state index is -4.67. The van der Waals surface area contributed by atoms with E-state index in [0.717, 1.165) is 0 Å². The van der Waals surface area contributed by atoms with Gasteiger partial charge in [0.15, 0.2) is 0 Å². The van der Waals surface area contributed by atoms with Gasteiger partial charge in [-0.25, -0.2) is 0 Å². The Kier molecular flexibility index (Phi) is 14.0. The van der Waals surface area contributed by atoms with E-state index < -0.39 is 10.4 Å². The van der Waals surface area contributed by atoms with Crippen LogP contribution in [0.1, 0.15) is 0 Å². The maximum atomic E-state index is 8.74. The third-order valence-corrected chi connectivity index (χ3v) is 0. The molecule has 0 heterocycles. The Morgan fingerprint density at radius 3 is 1.14 bits per heavy atom. The summed E-state index contributed by atoms with van der Waals surface area (Å²) in [6.45, 7) is 0. The first-order chi connectivity index (χ1) is 2.00. The molecular formula is H2KNiO4S. The normalized spacial score (nSPS) is 8.29. The zero-order valence-corrected chi connectivity index (χ0v) is 8.36. The molecule has 0 aromatic carbocycles. The number of rotatable bonds is 0. The summed E-state index contributed by atoms with van der Waals surface area (Å²) >= 11 is 0. The van der Waals surface area contributed by atoms with Crippen LogP contribution in [0.25, 0.3) is 0 Å². The van der Waals surface area contributed by atoms with Crippen molar-refractivity contribution in [1.82, 2.24) is 0 Å². The van der Waals surface area contributed by atoms with Crippen LogP contribution in [0, 0.1) is 0 Å². The van der Waals surface area contributed by atoms with Crippen molar-refractivity contribution in [3.63, 3.8) is 0 Å². The van der Waals surface area contributed by atoms with Crippen LogP contribution in [0.4, 0.5) is 0 Å². The molecule has 0 aliphatic carbocycles. The predicted molar refractivity (Wildman–Crippen MR) is 19.9 cm³/mol. The Balaban J connectivity index is -0.0000000800. The van der Waals surface area contributed by atoms with E-state index in [1.807, 2.05) is 0 Å². The number of hydrogen-bond donors (Lipinski definition) is 2. The molecular weight excluding hydrogens is 194 g/mol. The molecule has 0 rings (SSSR count). The fourth-order valence-corrected chi connectivity index (χ4v) is 0. The van der Waals surface area contributed by atoms with E-state index in [-0.39, 0.29) is 67.9 Å². The molecule has 0 bridgehead atoms. The first-order valence-corrected chi connectivity index (χ1v) is 2.10. The van der Waals surface area contributed by atoms with Crippen LogP contribution in [0.5, 0.6) is 0 Å². The van der Waals surface area contributed by atoms with Gasteiger partial charge in [0.1, 0.15) is 0 Å². The Bertz CT molecular complexity index is 94.9. The third kappa shape index (κ3) is 72.0. The summed E-state index contributed by atoms with van der Waals surface area (Å²) in [4.78, 5) is 0. The molecule has 0 aromatic heterocycles. The zero-order valence-electron chi connectivity index (χ0n) is 3.44. The average Bonchev–Trinajstić information content (AvgIpc) is 0.722. The summed E-state index contributed by atoms with van der Waals surface area (Å²) in [5.41, 5.74) is 0. The fraction of sp³-hybridized carbons (Fsp3) is 0. The molecule has 4 nitrogen and oxygen atoms in total. The van der Waals surface area contributed by atoms with Gasteiger partial charge in [-0.05, 0) is 0 Å². The summed E-state index contributed by atoms with van der Waals surface area (Å²) in [6.07, 6.45) is 0. The SMILES string of the molecule is O=S(=O)(O)O.[K].[Ni]. The molecule has 0 fully saturated rings. The van der Waals surface area contributed by atoms with Gasteiger partial charge in [0.05, 0.1) is 0 Å². The summed E-state index contributed by atoms with van der Waals surface area (Å²) in [5, 5.41) is 0. The van der Waals surface area contributed by atoms with E-state index in [1.54, 1.807) is 0 Å². The van der Waals surface area contributed by atoms with Gasteiger partial charge in [-0.1, -0.05) is 0 Å². The monoisotopic (exact) mass is 195 g/mol. The largest absolute Gasteiger partial charge is 0.394 e. The average molecular weight is 196 g/mol. The van der Waals surface area contributed by atoms with Crippen LogP contribution >= 0.6 is 0 Å². The van der Waals surface area contributed by atoms with E-state index in [9.17, 15) is 0 Å². The molecule has 2 N–H and O–H groups in total. The standard InChI is InChI=1S/K.Ni.H2O4S/c;;1-5(2,3)4/h;;(H2,1,2,3,4). The van der Waals surface area contributed by atoms with E-state index in [2.05, 4.69) is 0 Å². The van der Waals surface area contributed by atoms with Crippen molar-refractivity contribution < 1.29 is 34.0 Å². The quantitative estimate of drug-likeness (QED) is 0.383. The fourth-order valence-electron chi connectivity index (χ4n) is 0. The smallest absolute Gasteiger partial charge is 0.264 e. The van der Waals surface area contributed by atoms with Crippen LogP contribution in [0.15, 0.2) is 0 Å². The first-order valence-electron chi connectivity index (χ1n) is 0.698. The van der Waals surface area contributed by atoms with Crippen molar-refractivity contribution in [3.8, 4) is 0 Å². The van der Waals surface area contributed by atoms with Gasteiger partial charge in [0.2, 0.25) is 0 Å². The molecule has 1 radical (unpaired) electrons.